The molecule has 0 radical (unpaired) electrons. The molecule has 1 aliphatic carbocycles. The second-order valence-corrected chi connectivity index (χ2v) is 6.83. The maximum atomic E-state index is 4.77. The molecule has 7 heteroatoms. The van der Waals surface area contributed by atoms with E-state index in [9.17, 15) is 0 Å². The molecule has 3 aromatic rings. The van der Waals surface area contributed by atoms with Crippen LogP contribution in [0.5, 0.6) is 0 Å². The van der Waals surface area contributed by atoms with Crippen molar-refractivity contribution in [2.24, 2.45) is 0 Å². The molecule has 0 spiro atoms. The highest BCUT2D eigenvalue weighted by Gasteiger charge is 2.27. The maximum absolute atomic E-state index is 4.77. The number of pyridine rings is 1. The summed E-state index contributed by atoms with van der Waals surface area (Å²) >= 11 is 0. The smallest absolute Gasteiger partial charge is 0.155 e. The van der Waals surface area contributed by atoms with Crippen molar-refractivity contribution in [2.45, 2.75) is 18.8 Å². The summed E-state index contributed by atoms with van der Waals surface area (Å²) in [6.45, 7) is 3.74. The van der Waals surface area contributed by atoms with E-state index in [1.54, 1.807) is 10.9 Å². The van der Waals surface area contributed by atoms with Crippen LogP contribution in [0.3, 0.4) is 0 Å². The quantitative estimate of drug-likeness (QED) is 0.721. The minimum absolute atomic E-state index is 0.588. The fourth-order valence-electron chi connectivity index (χ4n) is 3.36. The van der Waals surface area contributed by atoms with Crippen LogP contribution < -0.4 is 9.80 Å². The van der Waals surface area contributed by atoms with E-state index in [1.807, 2.05) is 36.7 Å². The van der Waals surface area contributed by atoms with Crippen LogP contribution in [0.4, 0.5) is 11.6 Å². The highest BCUT2D eigenvalue weighted by molar-refractivity contribution is 5.46. The van der Waals surface area contributed by atoms with Crippen molar-refractivity contribution in [3.63, 3.8) is 0 Å². The zero-order valence-electron chi connectivity index (χ0n) is 14.6. The summed E-state index contributed by atoms with van der Waals surface area (Å²) in [5.74, 6) is 4.50. The first-order valence-electron chi connectivity index (χ1n) is 9.17. The number of anilines is 2. The van der Waals surface area contributed by atoms with E-state index in [1.165, 1.54) is 12.8 Å². The van der Waals surface area contributed by atoms with Crippen LogP contribution in [0, 0.1) is 0 Å². The van der Waals surface area contributed by atoms with E-state index < -0.39 is 0 Å². The summed E-state index contributed by atoms with van der Waals surface area (Å²) in [5.41, 5.74) is 0. The number of rotatable bonds is 4. The van der Waals surface area contributed by atoms with E-state index in [-0.39, 0.29) is 0 Å². The molecule has 7 nitrogen and oxygen atoms in total. The molecule has 0 N–H and O–H groups in total. The summed E-state index contributed by atoms with van der Waals surface area (Å²) in [4.78, 5) is 18.6. The monoisotopic (exact) mass is 347 g/mol. The van der Waals surface area contributed by atoms with E-state index in [4.69, 9.17) is 9.97 Å². The topological polar surface area (TPSA) is 63.0 Å². The number of aromatic nitrogens is 5. The molecule has 0 bridgehead atoms. The van der Waals surface area contributed by atoms with E-state index >= 15 is 0 Å². The maximum Gasteiger partial charge on any atom is 0.155 e. The largest absolute Gasteiger partial charge is 0.353 e. The van der Waals surface area contributed by atoms with E-state index in [2.05, 4.69) is 25.9 Å². The fraction of sp³-hybridized carbons (Fsp3) is 0.368. The molecule has 2 aliphatic rings. The highest BCUT2D eigenvalue weighted by atomic mass is 15.3. The van der Waals surface area contributed by atoms with Gasteiger partial charge in [-0.2, -0.15) is 5.10 Å². The fourth-order valence-corrected chi connectivity index (χ4v) is 3.36. The number of nitrogens with zero attached hydrogens (tertiary/aromatic N) is 7. The predicted molar refractivity (Wildman–Crippen MR) is 99.8 cm³/mol. The molecular formula is C19H21N7. The Hall–Kier alpha value is -2.96. The molecule has 1 aliphatic heterocycles. The average molecular weight is 347 g/mol. The third kappa shape index (κ3) is 3.00. The first-order chi connectivity index (χ1) is 12.9. The van der Waals surface area contributed by atoms with Crippen molar-refractivity contribution < 1.29 is 0 Å². The van der Waals surface area contributed by atoms with E-state index in [0.29, 0.717) is 5.92 Å². The Morgan fingerprint density at radius 3 is 2.19 bits per heavy atom. The molecule has 26 heavy (non-hydrogen) atoms. The molecule has 132 valence electrons. The molecule has 3 aromatic heterocycles. The number of hydrogen-bond donors (Lipinski definition) is 0. The van der Waals surface area contributed by atoms with Gasteiger partial charge in [-0.1, -0.05) is 6.07 Å². The van der Waals surface area contributed by atoms with Gasteiger partial charge in [-0.3, -0.25) is 0 Å². The van der Waals surface area contributed by atoms with Gasteiger partial charge < -0.3 is 9.80 Å². The second-order valence-electron chi connectivity index (χ2n) is 6.83. The van der Waals surface area contributed by atoms with Crippen LogP contribution in [-0.2, 0) is 0 Å². The van der Waals surface area contributed by atoms with Crippen LogP contribution in [-0.4, -0.2) is 50.9 Å². The van der Waals surface area contributed by atoms with Gasteiger partial charge in [0, 0.05) is 50.7 Å². The van der Waals surface area contributed by atoms with Crippen LogP contribution in [0.2, 0.25) is 0 Å². The lowest BCUT2D eigenvalue weighted by Gasteiger charge is -2.36. The summed E-state index contributed by atoms with van der Waals surface area (Å²) in [5, 5.41) is 4.27. The third-order valence-corrected chi connectivity index (χ3v) is 4.99. The molecule has 0 amide bonds. The lowest BCUT2D eigenvalue weighted by atomic mass is 10.3. The molecule has 1 saturated carbocycles. The van der Waals surface area contributed by atoms with Crippen molar-refractivity contribution in [3.05, 3.63) is 54.7 Å². The standard InChI is InChI=1S/C19H21N7/c1-3-16(22-18(4-1)26-10-2-8-21-26)24-11-13-25(14-12-24)17-7-9-20-19(23-17)15-5-6-15/h1-4,7-10,15H,5-6,11-14H2. The lowest BCUT2D eigenvalue weighted by Crippen LogP contribution is -2.47. The number of hydrogen-bond acceptors (Lipinski definition) is 6. The minimum Gasteiger partial charge on any atom is -0.353 e. The number of piperazine rings is 1. The Bertz CT molecular complexity index is 880. The second kappa shape index (κ2) is 6.40. The molecule has 0 aromatic carbocycles. The molecule has 1 saturated heterocycles. The Morgan fingerprint density at radius 2 is 1.50 bits per heavy atom. The van der Waals surface area contributed by atoms with Crippen molar-refractivity contribution in [2.75, 3.05) is 36.0 Å². The van der Waals surface area contributed by atoms with Crippen LogP contribution in [0.25, 0.3) is 5.82 Å². The average Bonchev–Trinajstić information content (AvgIpc) is 3.42. The van der Waals surface area contributed by atoms with Crippen LogP contribution in [0.15, 0.2) is 48.9 Å². The molecule has 5 rings (SSSR count). The molecule has 0 atom stereocenters. The van der Waals surface area contributed by atoms with E-state index in [0.717, 1.165) is 49.5 Å². The molecule has 4 heterocycles. The summed E-state index contributed by atoms with van der Waals surface area (Å²) in [6.07, 6.45) is 8.05. The van der Waals surface area contributed by atoms with Gasteiger partial charge in [0.15, 0.2) is 5.82 Å². The first-order valence-corrected chi connectivity index (χ1v) is 9.17. The summed E-state index contributed by atoms with van der Waals surface area (Å²) < 4.78 is 1.79. The van der Waals surface area contributed by atoms with Gasteiger partial charge >= 0.3 is 0 Å². The van der Waals surface area contributed by atoms with Crippen molar-refractivity contribution >= 4 is 11.6 Å². The SMILES string of the molecule is c1cc(N2CCN(c3ccnc(C4CC4)n3)CC2)nc(-n2cccn2)c1. The van der Waals surface area contributed by atoms with Gasteiger partial charge in [-0.05, 0) is 37.1 Å². The first kappa shape index (κ1) is 15.3. The third-order valence-electron chi connectivity index (χ3n) is 4.99. The Kier molecular flexibility index (Phi) is 3.77. The van der Waals surface area contributed by atoms with Crippen molar-refractivity contribution in [1.29, 1.82) is 0 Å². The lowest BCUT2D eigenvalue weighted by molar-refractivity contribution is 0.638. The van der Waals surface area contributed by atoms with Gasteiger partial charge in [-0.15, -0.1) is 0 Å². The van der Waals surface area contributed by atoms with Gasteiger partial charge in [0.05, 0.1) is 0 Å². The Morgan fingerprint density at radius 1 is 0.769 bits per heavy atom. The zero-order valence-corrected chi connectivity index (χ0v) is 14.6. The van der Waals surface area contributed by atoms with Crippen LogP contribution in [0.1, 0.15) is 24.6 Å². The molecular weight excluding hydrogens is 326 g/mol. The Labute approximate surface area is 152 Å². The van der Waals surface area contributed by atoms with Gasteiger partial charge in [0.1, 0.15) is 17.5 Å². The van der Waals surface area contributed by atoms with Crippen molar-refractivity contribution in [3.8, 4) is 5.82 Å². The summed E-state index contributed by atoms with van der Waals surface area (Å²) in [7, 11) is 0. The van der Waals surface area contributed by atoms with Crippen LogP contribution >= 0.6 is 0 Å². The van der Waals surface area contributed by atoms with Gasteiger partial charge in [0.2, 0.25) is 0 Å². The van der Waals surface area contributed by atoms with Gasteiger partial charge in [-0.25, -0.2) is 19.6 Å². The van der Waals surface area contributed by atoms with Crippen molar-refractivity contribution in [1.82, 2.24) is 24.7 Å². The van der Waals surface area contributed by atoms with Gasteiger partial charge in [0.25, 0.3) is 0 Å². The summed E-state index contributed by atoms with van der Waals surface area (Å²) in [6, 6.07) is 10.0. The zero-order chi connectivity index (χ0) is 17.3. The minimum atomic E-state index is 0.588. The highest BCUT2D eigenvalue weighted by Crippen LogP contribution is 2.38. The normalized spacial score (nSPS) is 17.5. The Balaban J connectivity index is 1.28. The molecule has 2 fully saturated rings. The molecule has 0 unspecified atom stereocenters. The predicted octanol–water partition coefficient (Wildman–Crippen LogP) is 2.26.